The van der Waals surface area contributed by atoms with Gasteiger partial charge in [-0.25, -0.2) is 4.39 Å². The van der Waals surface area contributed by atoms with Gasteiger partial charge in [0.2, 0.25) is 5.82 Å². The molecule has 1 fully saturated rings. The first-order valence-electron chi connectivity index (χ1n) is 7.52. The van der Waals surface area contributed by atoms with E-state index in [0.29, 0.717) is 6.42 Å². The topological polar surface area (TPSA) is 38.7 Å². The molecular weight excluding hydrogens is 278 g/mol. The molecule has 3 atom stereocenters. The van der Waals surface area contributed by atoms with Gasteiger partial charge in [-0.3, -0.25) is 0 Å². The van der Waals surface area contributed by atoms with E-state index < -0.39 is 23.8 Å². The number of aliphatic hydroxyl groups is 1. The van der Waals surface area contributed by atoms with Crippen molar-refractivity contribution in [3.8, 4) is 5.75 Å². The molecule has 3 nitrogen and oxygen atoms in total. The van der Waals surface area contributed by atoms with Crippen LogP contribution in [0.2, 0.25) is 0 Å². The van der Waals surface area contributed by atoms with Crippen LogP contribution in [0.15, 0.2) is 12.1 Å². The van der Waals surface area contributed by atoms with Gasteiger partial charge >= 0.3 is 0 Å². The zero-order valence-electron chi connectivity index (χ0n) is 12.4. The second-order valence-corrected chi connectivity index (χ2v) is 5.34. The van der Waals surface area contributed by atoms with Crippen LogP contribution in [0.3, 0.4) is 0 Å². The van der Waals surface area contributed by atoms with Crippen molar-refractivity contribution in [1.82, 2.24) is 0 Å². The molecule has 0 bridgehead atoms. The third-order valence-electron chi connectivity index (χ3n) is 3.86. The number of halogens is 2. The SMILES string of the molecule is CCCC1CCC(c2ccc(OCC)c(F)c2F)C(O)O1. The summed E-state index contributed by atoms with van der Waals surface area (Å²) in [4.78, 5) is 0. The lowest BCUT2D eigenvalue weighted by Crippen LogP contribution is -2.34. The highest BCUT2D eigenvalue weighted by molar-refractivity contribution is 5.33. The molecule has 1 N–H and O–H groups in total. The normalized spacial score (nSPS) is 25.9. The van der Waals surface area contributed by atoms with Crippen molar-refractivity contribution >= 4 is 0 Å². The number of ether oxygens (including phenoxy) is 2. The summed E-state index contributed by atoms with van der Waals surface area (Å²) in [6.07, 6.45) is 2.05. The summed E-state index contributed by atoms with van der Waals surface area (Å²) in [7, 11) is 0. The van der Waals surface area contributed by atoms with Gasteiger partial charge < -0.3 is 14.6 Å². The van der Waals surface area contributed by atoms with Gasteiger partial charge in [-0.05, 0) is 37.8 Å². The molecule has 0 radical (unpaired) electrons. The Balaban J connectivity index is 2.17. The molecule has 0 aliphatic carbocycles. The van der Waals surface area contributed by atoms with Crippen molar-refractivity contribution in [2.24, 2.45) is 0 Å². The van der Waals surface area contributed by atoms with Gasteiger partial charge in [0.15, 0.2) is 17.9 Å². The predicted octanol–water partition coefficient (Wildman–Crippen LogP) is 3.74. The highest BCUT2D eigenvalue weighted by Crippen LogP contribution is 2.37. The third-order valence-corrected chi connectivity index (χ3v) is 3.86. The number of rotatable bonds is 5. The van der Waals surface area contributed by atoms with Crippen molar-refractivity contribution in [1.29, 1.82) is 0 Å². The molecule has 21 heavy (non-hydrogen) atoms. The number of hydrogen-bond acceptors (Lipinski definition) is 3. The highest BCUT2D eigenvalue weighted by Gasteiger charge is 2.33. The molecule has 0 aromatic heterocycles. The smallest absolute Gasteiger partial charge is 0.200 e. The largest absolute Gasteiger partial charge is 0.491 e. The third kappa shape index (κ3) is 3.52. The molecule has 118 valence electrons. The van der Waals surface area contributed by atoms with E-state index >= 15 is 0 Å². The van der Waals surface area contributed by atoms with Crippen LogP contribution in [0.1, 0.15) is 51.0 Å². The molecule has 1 aliphatic rings. The van der Waals surface area contributed by atoms with Crippen LogP contribution in [0.4, 0.5) is 8.78 Å². The van der Waals surface area contributed by atoms with Crippen LogP contribution in [-0.4, -0.2) is 24.1 Å². The van der Waals surface area contributed by atoms with Crippen LogP contribution < -0.4 is 4.74 Å². The van der Waals surface area contributed by atoms with E-state index in [4.69, 9.17) is 9.47 Å². The van der Waals surface area contributed by atoms with Crippen molar-refractivity contribution in [3.63, 3.8) is 0 Å². The molecule has 5 heteroatoms. The first-order valence-corrected chi connectivity index (χ1v) is 7.52. The van der Waals surface area contributed by atoms with Gasteiger partial charge in [-0.2, -0.15) is 4.39 Å². The lowest BCUT2D eigenvalue weighted by Gasteiger charge is -2.34. The maximum atomic E-state index is 14.2. The maximum Gasteiger partial charge on any atom is 0.200 e. The number of hydrogen-bond donors (Lipinski definition) is 1. The molecule has 0 amide bonds. The second kappa shape index (κ2) is 7.18. The summed E-state index contributed by atoms with van der Waals surface area (Å²) in [6.45, 7) is 4.02. The monoisotopic (exact) mass is 300 g/mol. The Morgan fingerprint density at radius 3 is 2.62 bits per heavy atom. The van der Waals surface area contributed by atoms with E-state index in [1.807, 2.05) is 6.92 Å². The summed E-state index contributed by atoms with van der Waals surface area (Å²) in [5, 5.41) is 10.1. The molecule has 1 aliphatic heterocycles. The van der Waals surface area contributed by atoms with E-state index in [9.17, 15) is 13.9 Å². The fourth-order valence-electron chi connectivity index (χ4n) is 2.81. The Morgan fingerprint density at radius 1 is 1.24 bits per heavy atom. The molecule has 1 aromatic rings. The average Bonchev–Trinajstić information content (AvgIpc) is 2.46. The molecule has 0 spiro atoms. The van der Waals surface area contributed by atoms with Crippen molar-refractivity contribution < 1.29 is 23.4 Å². The maximum absolute atomic E-state index is 14.2. The summed E-state index contributed by atoms with van der Waals surface area (Å²) in [5.74, 6) is -2.60. The Morgan fingerprint density at radius 2 is 2.00 bits per heavy atom. The van der Waals surface area contributed by atoms with Gasteiger partial charge in [0, 0.05) is 5.92 Å². The lowest BCUT2D eigenvalue weighted by molar-refractivity contribution is -0.176. The molecule has 1 heterocycles. The number of benzene rings is 1. The number of aliphatic hydroxyl groups excluding tert-OH is 1. The van der Waals surface area contributed by atoms with Crippen LogP contribution in [-0.2, 0) is 4.74 Å². The Bertz CT molecular complexity index is 479. The Hall–Kier alpha value is -1.20. The Kier molecular flexibility index (Phi) is 5.53. The first-order chi connectivity index (χ1) is 10.1. The van der Waals surface area contributed by atoms with Crippen LogP contribution in [0.5, 0.6) is 5.75 Å². The summed E-state index contributed by atoms with van der Waals surface area (Å²) in [6, 6.07) is 2.88. The molecular formula is C16H22F2O3. The Labute approximate surface area is 123 Å². The van der Waals surface area contributed by atoms with Gasteiger partial charge in [-0.15, -0.1) is 0 Å². The fourth-order valence-corrected chi connectivity index (χ4v) is 2.81. The molecule has 1 saturated heterocycles. The minimum atomic E-state index is -1.10. The highest BCUT2D eigenvalue weighted by atomic mass is 19.2. The first kappa shape index (κ1) is 16.2. The molecule has 0 saturated carbocycles. The standard InChI is InChI=1S/C16H22F2O3/c1-3-5-10-6-7-12(16(19)21-10)11-8-9-13(20-4-2)15(18)14(11)17/h8-10,12,16,19H,3-7H2,1-2H3. The lowest BCUT2D eigenvalue weighted by atomic mass is 9.88. The van der Waals surface area contributed by atoms with Crippen molar-refractivity contribution in [2.75, 3.05) is 6.61 Å². The minimum Gasteiger partial charge on any atom is -0.491 e. The average molecular weight is 300 g/mol. The van der Waals surface area contributed by atoms with E-state index in [-0.39, 0.29) is 24.0 Å². The van der Waals surface area contributed by atoms with Crippen LogP contribution >= 0.6 is 0 Å². The van der Waals surface area contributed by atoms with Gasteiger partial charge in [0.1, 0.15) is 0 Å². The van der Waals surface area contributed by atoms with E-state index in [1.165, 1.54) is 12.1 Å². The quantitative estimate of drug-likeness (QED) is 0.900. The van der Waals surface area contributed by atoms with E-state index in [0.717, 1.165) is 19.3 Å². The van der Waals surface area contributed by atoms with Crippen molar-refractivity contribution in [3.05, 3.63) is 29.3 Å². The van der Waals surface area contributed by atoms with Crippen LogP contribution in [0.25, 0.3) is 0 Å². The minimum absolute atomic E-state index is 0.00291. The summed E-state index contributed by atoms with van der Waals surface area (Å²) < 4.78 is 38.6. The van der Waals surface area contributed by atoms with Crippen molar-refractivity contribution in [2.45, 2.75) is 57.8 Å². The van der Waals surface area contributed by atoms with Gasteiger partial charge in [0.05, 0.1) is 12.7 Å². The fraction of sp³-hybridized carbons (Fsp3) is 0.625. The second-order valence-electron chi connectivity index (χ2n) is 5.34. The predicted molar refractivity (Wildman–Crippen MR) is 75.3 cm³/mol. The van der Waals surface area contributed by atoms with Gasteiger partial charge in [0.25, 0.3) is 0 Å². The molecule has 1 aromatic carbocycles. The summed E-state index contributed by atoms with van der Waals surface area (Å²) >= 11 is 0. The van der Waals surface area contributed by atoms with E-state index in [1.54, 1.807) is 6.92 Å². The zero-order chi connectivity index (χ0) is 15.4. The van der Waals surface area contributed by atoms with Crippen LogP contribution in [0, 0.1) is 11.6 Å². The molecule has 2 rings (SSSR count). The van der Waals surface area contributed by atoms with Gasteiger partial charge in [-0.1, -0.05) is 19.4 Å². The summed E-state index contributed by atoms with van der Waals surface area (Å²) in [5.41, 5.74) is 0.151. The van der Waals surface area contributed by atoms with E-state index in [2.05, 4.69) is 0 Å². The molecule has 3 unspecified atom stereocenters. The zero-order valence-corrected chi connectivity index (χ0v) is 12.4.